The Balaban J connectivity index is 1.66. The van der Waals surface area contributed by atoms with Crippen molar-refractivity contribution in [1.82, 2.24) is 19.5 Å². The second-order valence-corrected chi connectivity index (χ2v) is 6.35. The minimum absolute atomic E-state index is 0.124. The minimum atomic E-state index is -0.536. The third-order valence-corrected chi connectivity index (χ3v) is 4.78. The van der Waals surface area contributed by atoms with Crippen molar-refractivity contribution in [3.05, 3.63) is 59.8 Å². The van der Waals surface area contributed by atoms with Crippen LogP contribution in [0, 0.1) is 5.82 Å². The Hall–Kier alpha value is -2.96. The fraction of sp³-hybridized carbons (Fsp3) is 0.316. The molecule has 3 heterocycles. The number of nitrogens with zero attached hydrogens (tertiary/aromatic N) is 4. The summed E-state index contributed by atoms with van der Waals surface area (Å²) in [5, 5.41) is 4.15. The van der Waals surface area contributed by atoms with Gasteiger partial charge in [-0.3, -0.25) is 4.79 Å². The first kappa shape index (κ1) is 16.5. The van der Waals surface area contributed by atoms with Gasteiger partial charge in [-0.15, -0.1) is 0 Å². The maximum atomic E-state index is 14.0. The number of ether oxygens (including phenoxy) is 1. The van der Waals surface area contributed by atoms with Crippen molar-refractivity contribution in [1.29, 1.82) is 0 Å². The van der Waals surface area contributed by atoms with E-state index in [-0.39, 0.29) is 17.7 Å². The first-order valence-corrected chi connectivity index (χ1v) is 8.62. The summed E-state index contributed by atoms with van der Waals surface area (Å²) in [6.45, 7) is 0.628. The number of benzene rings is 1. The topological polar surface area (TPSA) is 59.7 Å². The monoisotopic (exact) mass is 354 g/mol. The van der Waals surface area contributed by atoms with Crippen LogP contribution in [-0.2, 0) is 0 Å². The zero-order chi connectivity index (χ0) is 18.1. The number of methoxy groups -OCH3 is 1. The first-order chi connectivity index (χ1) is 12.7. The normalized spacial score (nSPS) is 17.5. The predicted molar refractivity (Wildman–Crippen MR) is 93.6 cm³/mol. The van der Waals surface area contributed by atoms with Gasteiger partial charge in [-0.2, -0.15) is 5.10 Å². The molecule has 0 aliphatic carbocycles. The molecule has 0 bridgehead atoms. The SMILES string of the molecule is COc1ccc(C(=O)N2CCCCC2c2ccn3nccc3n2)cc1F. The molecule has 6 nitrogen and oxygen atoms in total. The molecule has 0 radical (unpaired) electrons. The largest absolute Gasteiger partial charge is 0.494 e. The van der Waals surface area contributed by atoms with E-state index in [1.807, 2.05) is 18.3 Å². The van der Waals surface area contributed by atoms with Gasteiger partial charge in [0.25, 0.3) is 5.91 Å². The van der Waals surface area contributed by atoms with Crippen LogP contribution in [0.15, 0.2) is 42.7 Å². The highest BCUT2D eigenvalue weighted by atomic mass is 19.1. The van der Waals surface area contributed by atoms with E-state index in [1.165, 1.54) is 19.2 Å². The third-order valence-electron chi connectivity index (χ3n) is 4.78. The summed E-state index contributed by atoms with van der Waals surface area (Å²) in [6, 6.07) is 7.92. The lowest BCUT2D eigenvalue weighted by molar-refractivity contribution is 0.0605. The maximum absolute atomic E-state index is 14.0. The van der Waals surface area contributed by atoms with Gasteiger partial charge >= 0.3 is 0 Å². The number of hydrogen-bond donors (Lipinski definition) is 0. The second kappa shape index (κ2) is 6.74. The van der Waals surface area contributed by atoms with E-state index < -0.39 is 5.82 Å². The Morgan fingerprint density at radius 3 is 2.96 bits per heavy atom. The fourth-order valence-electron chi connectivity index (χ4n) is 3.46. The van der Waals surface area contributed by atoms with Crippen molar-refractivity contribution >= 4 is 11.6 Å². The highest BCUT2D eigenvalue weighted by Crippen LogP contribution is 2.32. The van der Waals surface area contributed by atoms with Crippen LogP contribution >= 0.6 is 0 Å². The number of carbonyl (C=O) groups excluding carboxylic acids is 1. The highest BCUT2D eigenvalue weighted by Gasteiger charge is 2.30. The summed E-state index contributed by atoms with van der Waals surface area (Å²) in [6.07, 6.45) is 6.33. The van der Waals surface area contributed by atoms with Gasteiger partial charge in [0.1, 0.15) is 0 Å². The maximum Gasteiger partial charge on any atom is 0.254 e. The van der Waals surface area contributed by atoms with Crippen LogP contribution < -0.4 is 4.74 Å². The summed E-state index contributed by atoms with van der Waals surface area (Å²) >= 11 is 0. The van der Waals surface area contributed by atoms with Crippen molar-refractivity contribution in [3.8, 4) is 5.75 Å². The molecule has 2 aromatic heterocycles. The van der Waals surface area contributed by atoms with Gasteiger partial charge in [-0.25, -0.2) is 13.9 Å². The minimum Gasteiger partial charge on any atom is -0.494 e. The lowest BCUT2D eigenvalue weighted by Crippen LogP contribution is -2.39. The Labute approximate surface area is 150 Å². The Bertz CT molecular complexity index is 956. The van der Waals surface area contributed by atoms with Crippen LogP contribution in [0.3, 0.4) is 0 Å². The van der Waals surface area contributed by atoms with Crippen LogP contribution in [0.1, 0.15) is 41.4 Å². The Kier molecular flexibility index (Phi) is 4.28. The smallest absolute Gasteiger partial charge is 0.254 e. The molecular formula is C19H19FN4O2. The fourth-order valence-corrected chi connectivity index (χ4v) is 3.46. The summed E-state index contributed by atoms with van der Waals surface area (Å²) in [5.74, 6) is -0.596. The molecule has 26 heavy (non-hydrogen) atoms. The van der Waals surface area contributed by atoms with Crippen molar-refractivity contribution in [2.24, 2.45) is 0 Å². The number of halogens is 1. The summed E-state index contributed by atoms with van der Waals surface area (Å²) in [4.78, 5) is 19.5. The van der Waals surface area contributed by atoms with Gasteiger partial charge in [-0.05, 0) is 43.5 Å². The quantitative estimate of drug-likeness (QED) is 0.724. The van der Waals surface area contributed by atoms with Crippen LogP contribution in [0.5, 0.6) is 5.75 Å². The molecular weight excluding hydrogens is 335 g/mol. The van der Waals surface area contributed by atoms with Crippen LogP contribution in [0.2, 0.25) is 0 Å². The third kappa shape index (κ3) is 2.89. The van der Waals surface area contributed by atoms with E-state index in [4.69, 9.17) is 4.74 Å². The standard InChI is InChI=1S/C19H19FN4O2/c1-26-17-6-5-13(12-14(17)20)19(25)23-10-3-2-4-16(23)15-8-11-24-18(22-15)7-9-21-24/h5-9,11-12,16H,2-4,10H2,1H3. The number of aromatic nitrogens is 3. The predicted octanol–water partition coefficient (Wildman–Crippen LogP) is 3.24. The lowest BCUT2D eigenvalue weighted by atomic mass is 9.98. The molecule has 3 aromatic rings. The van der Waals surface area contributed by atoms with Gasteiger partial charge in [0, 0.05) is 24.4 Å². The van der Waals surface area contributed by atoms with Gasteiger partial charge in [0.2, 0.25) is 0 Å². The van der Waals surface area contributed by atoms with Crippen LogP contribution in [-0.4, -0.2) is 39.1 Å². The molecule has 1 atom stereocenters. The average Bonchev–Trinajstić information content (AvgIpc) is 3.15. The van der Waals surface area contributed by atoms with E-state index in [9.17, 15) is 9.18 Å². The van der Waals surface area contributed by atoms with E-state index in [0.29, 0.717) is 12.1 Å². The molecule has 134 valence electrons. The molecule has 1 aromatic carbocycles. The number of carbonyl (C=O) groups is 1. The van der Waals surface area contributed by atoms with Crippen molar-refractivity contribution < 1.29 is 13.9 Å². The number of fused-ring (bicyclic) bond motifs is 1. The van der Waals surface area contributed by atoms with Gasteiger partial charge in [0.15, 0.2) is 17.2 Å². The molecule has 0 N–H and O–H groups in total. The summed E-state index contributed by atoms with van der Waals surface area (Å²) < 4.78 is 20.6. The van der Waals surface area contributed by atoms with E-state index >= 15 is 0 Å². The van der Waals surface area contributed by atoms with Crippen LogP contribution in [0.4, 0.5) is 4.39 Å². The molecule has 1 aliphatic rings. The molecule has 7 heteroatoms. The zero-order valence-corrected chi connectivity index (χ0v) is 14.4. The van der Waals surface area contributed by atoms with E-state index in [1.54, 1.807) is 21.7 Å². The number of amides is 1. The molecule has 4 rings (SSSR count). The van der Waals surface area contributed by atoms with Gasteiger partial charge < -0.3 is 9.64 Å². The molecule has 1 aliphatic heterocycles. The molecule has 0 spiro atoms. The summed E-state index contributed by atoms with van der Waals surface area (Å²) in [7, 11) is 1.40. The second-order valence-electron chi connectivity index (χ2n) is 6.35. The van der Waals surface area contributed by atoms with Crippen molar-refractivity contribution in [2.75, 3.05) is 13.7 Å². The number of piperidine rings is 1. The Morgan fingerprint density at radius 1 is 1.27 bits per heavy atom. The van der Waals surface area contributed by atoms with E-state index in [2.05, 4.69) is 10.1 Å². The van der Waals surface area contributed by atoms with Crippen molar-refractivity contribution in [3.63, 3.8) is 0 Å². The molecule has 1 saturated heterocycles. The number of rotatable bonds is 3. The number of likely N-dealkylation sites (tertiary alicyclic amines) is 1. The Morgan fingerprint density at radius 2 is 2.15 bits per heavy atom. The first-order valence-electron chi connectivity index (χ1n) is 8.62. The summed E-state index contributed by atoms with van der Waals surface area (Å²) in [5.41, 5.74) is 1.90. The highest BCUT2D eigenvalue weighted by molar-refractivity contribution is 5.94. The van der Waals surface area contributed by atoms with Crippen molar-refractivity contribution in [2.45, 2.75) is 25.3 Å². The average molecular weight is 354 g/mol. The zero-order valence-electron chi connectivity index (χ0n) is 14.4. The van der Waals surface area contributed by atoms with Crippen LogP contribution in [0.25, 0.3) is 5.65 Å². The molecule has 0 saturated carbocycles. The molecule has 1 unspecified atom stereocenters. The number of hydrogen-bond acceptors (Lipinski definition) is 4. The van der Waals surface area contributed by atoms with E-state index in [0.717, 1.165) is 30.6 Å². The molecule has 1 fully saturated rings. The van der Waals surface area contributed by atoms with Gasteiger partial charge in [0.05, 0.1) is 25.0 Å². The van der Waals surface area contributed by atoms with Gasteiger partial charge in [-0.1, -0.05) is 0 Å². The molecule has 1 amide bonds. The lowest BCUT2D eigenvalue weighted by Gasteiger charge is -2.35.